The van der Waals surface area contributed by atoms with Gasteiger partial charge in [0.25, 0.3) is 0 Å². The Labute approximate surface area is 162 Å². The molecule has 146 valence electrons. The van der Waals surface area contributed by atoms with Crippen molar-refractivity contribution in [3.05, 3.63) is 30.3 Å². The first-order valence-corrected chi connectivity index (χ1v) is 11.2. The van der Waals surface area contributed by atoms with Crippen molar-refractivity contribution in [3.8, 4) is 0 Å². The molecule has 4 fully saturated rings. The molecule has 0 spiro atoms. The Kier molecular flexibility index (Phi) is 5.10. The fraction of sp³-hybridized carbons (Fsp3) is 0.619. The van der Waals surface area contributed by atoms with E-state index < -0.39 is 22.8 Å². The van der Waals surface area contributed by atoms with Gasteiger partial charge in [-0.25, -0.2) is 4.79 Å². The lowest BCUT2D eigenvalue weighted by atomic mass is 9.49. The van der Waals surface area contributed by atoms with Crippen LogP contribution in [0.4, 0.5) is 0 Å². The van der Waals surface area contributed by atoms with E-state index in [9.17, 15) is 18.9 Å². The minimum Gasteiger partial charge on any atom is -0.480 e. The van der Waals surface area contributed by atoms with Crippen molar-refractivity contribution in [2.45, 2.75) is 55.9 Å². The molecule has 5 rings (SSSR count). The van der Waals surface area contributed by atoms with Gasteiger partial charge in [-0.05, 0) is 74.8 Å². The molecule has 5 nitrogen and oxygen atoms in total. The molecule has 1 aromatic rings. The third-order valence-electron chi connectivity index (χ3n) is 6.72. The van der Waals surface area contributed by atoms with E-state index in [0.29, 0.717) is 22.6 Å². The minimum absolute atomic E-state index is 0.0838. The van der Waals surface area contributed by atoms with Gasteiger partial charge < -0.3 is 10.4 Å². The third-order valence-corrected chi connectivity index (χ3v) is 8.13. The first kappa shape index (κ1) is 18.7. The molecule has 4 aliphatic rings. The van der Waals surface area contributed by atoms with Crippen molar-refractivity contribution in [2.75, 3.05) is 5.75 Å². The van der Waals surface area contributed by atoms with Crippen molar-refractivity contribution >= 4 is 22.7 Å². The number of carbonyl (C=O) groups excluding carboxylic acids is 1. The second kappa shape index (κ2) is 7.38. The van der Waals surface area contributed by atoms with Crippen LogP contribution in [-0.2, 0) is 20.4 Å². The maximum absolute atomic E-state index is 13.1. The molecule has 1 amide bonds. The molecule has 4 bridgehead atoms. The quantitative estimate of drug-likeness (QED) is 0.751. The van der Waals surface area contributed by atoms with E-state index in [-0.39, 0.29) is 23.5 Å². The molecule has 0 aliphatic heterocycles. The Balaban J connectivity index is 1.39. The Morgan fingerprint density at radius 1 is 1.07 bits per heavy atom. The van der Waals surface area contributed by atoms with Crippen LogP contribution < -0.4 is 5.32 Å². The Bertz CT molecular complexity index is 713. The summed E-state index contributed by atoms with van der Waals surface area (Å²) in [4.78, 5) is 25.5. The average Bonchev–Trinajstić information content (AvgIpc) is 2.64. The van der Waals surface area contributed by atoms with Gasteiger partial charge in [-0.2, -0.15) is 0 Å². The largest absolute Gasteiger partial charge is 0.480 e. The summed E-state index contributed by atoms with van der Waals surface area (Å²) >= 11 is 0. The number of amides is 1. The van der Waals surface area contributed by atoms with Crippen LogP contribution in [0.15, 0.2) is 35.2 Å². The van der Waals surface area contributed by atoms with Crippen LogP contribution in [0.1, 0.15) is 44.9 Å². The van der Waals surface area contributed by atoms with Crippen LogP contribution >= 0.6 is 0 Å². The molecule has 0 aromatic heterocycles. The van der Waals surface area contributed by atoms with Crippen LogP contribution in [0.5, 0.6) is 0 Å². The van der Waals surface area contributed by atoms with E-state index in [2.05, 4.69) is 5.32 Å². The van der Waals surface area contributed by atoms with Crippen LogP contribution in [-0.4, -0.2) is 33.0 Å². The monoisotopic (exact) mass is 389 g/mol. The summed E-state index contributed by atoms with van der Waals surface area (Å²) in [5.41, 5.74) is -0.360. The fourth-order valence-corrected chi connectivity index (χ4v) is 7.02. The highest BCUT2D eigenvalue weighted by Gasteiger charge is 2.54. The van der Waals surface area contributed by atoms with Gasteiger partial charge in [-0.15, -0.1) is 0 Å². The molecule has 2 N–H and O–H groups in total. The summed E-state index contributed by atoms with van der Waals surface area (Å²) in [7, 11) is -1.26. The van der Waals surface area contributed by atoms with Gasteiger partial charge in [0.05, 0.1) is 10.8 Å². The molecule has 0 saturated heterocycles. The number of aliphatic carboxylic acids is 1. The molecule has 6 heteroatoms. The molecular weight excluding hydrogens is 362 g/mol. The van der Waals surface area contributed by atoms with E-state index in [0.717, 1.165) is 19.3 Å². The summed E-state index contributed by atoms with van der Waals surface area (Å²) in [6.07, 6.45) is 6.63. The van der Waals surface area contributed by atoms with E-state index in [1.165, 1.54) is 19.3 Å². The molecule has 1 aromatic carbocycles. The highest BCUT2D eigenvalue weighted by atomic mass is 32.2. The van der Waals surface area contributed by atoms with Crippen molar-refractivity contribution in [1.29, 1.82) is 0 Å². The predicted octanol–water partition coefficient (Wildman–Crippen LogP) is 2.97. The van der Waals surface area contributed by atoms with Gasteiger partial charge in [-0.3, -0.25) is 9.00 Å². The highest BCUT2D eigenvalue weighted by molar-refractivity contribution is 7.85. The second-order valence-corrected chi connectivity index (χ2v) is 10.3. The van der Waals surface area contributed by atoms with Gasteiger partial charge in [0.2, 0.25) is 5.91 Å². The van der Waals surface area contributed by atoms with Crippen LogP contribution in [0.2, 0.25) is 0 Å². The molecule has 2 atom stereocenters. The Morgan fingerprint density at radius 2 is 1.63 bits per heavy atom. The lowest BCUT2D eigenvalue weighted by Gasteiger charge is -2.55. The van der Waals surface area contributed by atoms with E-state index >= 15 is 0 Å². The first-order valence-electron chi connectivity index (χ1n) is 9.92. The van der Waals surface area contributed by atoms with Crippen molar-refractivity contribution < 1.29 is 18.9 Å². The van der Waals surface area contributed by atoms with Gasteiger partial charge in [0, 0.05) is 16.1 Å². The number of rotatable bonds is 7. The molecule has 4 aliphatic carbocycles. The van der Waals surface area contributed by atoms with E-state index in [4.69, 9.17) is 0 Å². The maximum atomic E-state index is 13.1. The first-order chi connectivity index (χ1) is 12.9. The third kappa shape index (κ3) is 3.82. The minimum atomic E-state index is -1.26. The van der Waals surface area contributed by atoms with Gasteiger partial charge in [0.15, 0.2) is 0 Å². The fourth-order valence-electron chi connectivity index (χ4n) is 5.87. The summed E-state index contributed by atoms with van der Waals surface area (Å²) in [5.74, 6) is 1.00. The van der Waals surface area contributed by atoms with Gasteiger partial charge in [0.1, 0.15) is 6.04 Å². The van der Waals surface area contributed by atoms with Crippen LogP contribution in [0.3, 0.4) is 0 Å². The zero-order valence-electron chi connectivity index (χ0n) is 15.4. The highest BCUT2D eigenvalue weighted by Crippen LogP contribution is 2.60. The van der Waals surface area contributed by atoms with Crippen molar-refractivity contribution in [3.63, 3.8) is 0 Å². The molecule has 0 unspecified atom stereocenters. The standard InChI is InChI=1S/C21H27NO4S/c23-19(24)18(6-7-27(26)17-4-2-1-3-5-17)22-20(25)21-11-14-8-15(12-21)10-16(9-14)13-21/h1-5,14-16,18H,6-13H2,(H,22,25)(H,23,24)/t14?,15?,16?,18-,21?,27-/m1/s1. The van der Waals surface area contributed by atoms with E-state index in [1.54, 1.807) is 12.1 Å². The summed E-state index contributed by atoms with van der Waals surface area (Å²) in [5, 5.41) is 12.4. The van der Waals surface area contributed by atoms with E-state index in [1.807, 2.05) is 18.2 Å². The molecule has 0 radical (unpaired) electrons. The number of hydrogen-bond donors (Lipinski definition) is 2. The van der Waals surface area contributed by atoms with Crippen molar-refractivity contribution in [1.82, 2.24) is 5.32 Å². The van der Waals surface area contributed by atoms with Crippen LogP contribution in [0.25, 0.3) is 0 Å². The lowest BCUT2D eigenvalue weighted by molar-refractivity contribution is -0.151. The number of benzene rings is 1. The molecular formula is C21H27NO4S. The Hall–Kier alpha value is -1.69. The number of carboxylic acid groups (broad SMARTS) is 1. The molecule has 4 saturated carbocycles. The number of carbonyl (C=O) groups is 2. The van der Waals surface area contributed by atoms with Gasteiger partial charge in [-0.1, -0.05) is 18.2 Å². The lowest BCUT2D eigenvalue weighted by Crippen LogP contribution is -2.56. The maximum Gasteiger partial charge on any atom is 0.326 e. The Morgan fingerprint density at radius 3 is 2.15 bits per heavy atom. The van der Waals surface area contributed by atoms with Gasteiger partial charge >= 0.3 is 5.97 Å². The topological polar surface area (TPSA) is 83.5 Å². The summed E-state index contributed by atoms with van der Waals surface area (Å²) in [6.45, 7) is 0. The summed E-state index contributed by atoms with van der Waals surface area (Å²) < 4.78 is 12.4. The SMILES string of the molecule is O=C(O)[C@@H](CC[S@@](=O)c1ccccc1)NC(=O)C12CC3CC(CC(C3)C1)C2. The average molecular weight is 390 g/mol. The zero-order valence-corrected chi connectivity index (χ0v) is 16.2. The number of carboxylic acids is 1. The van der Waals surface area contributed by atoms with Crippen LogP contribution in [0, 0.1) is 23.2 Å². The molecule has 0 heterocycles. The normalized spacial score (nSPS) is 33.4. The molecule has 27 heavy (non-hydrogen) atoms. The smallest absolute Gasteiger partial charge is 0.326 e. The second-order valence-electron chi connectivity index (χ2n) is 8.71. The number of nitrogens with one attached hydrogen (secondary N) is 1. The number of hydrogen-bond acceptors (Lipinski definition) is 3. The zero-order chi connectivity index (χ0) is 19.0. The van der Waals surface area contributed by atoms with Crippen molar-refractivity contribution in [2.24, 2.45) is 23.2 Å². The summed E-state index contributed by atoms with van der Waals surface area (Å²) in [6, 6.07) is 8.07. The predicted molar refractivity (Wildman–Crippen MR) is 103 cm³/mol.